The second-order valence-electron chi connectivity index (χ2n) is 8.98. The lowest BCUT2D eigenvalue weighted by atomic mass is 10.1. The summed E-state index contributed by atoms with van der Waals surface area (Å²) >= 11 is 6.42. The summed E-state index contributed by atoms with van der Waals surface area (Å²) in [6.07, 6.45) is 5.15. The highest BCUT2D eigenvalue weighted by atomic mass is 35.5. The summed E-state index contributed by atoms with van der Waals surface area (Å²) in [6.45, 7) is 3.21. The molecule has 0 aliphatic carbocycles. The predicted molar refractivity (Wildman–Crippen MR) is 140 cm³/mol. The van der Waals surface area contributed by atoms with Crippen molar-refractivity contribution in [2.75, 3.05) is 26.0 Å². The van der Waals surface area contributed by atoms with Crippen LogP contribution in [0.5, 0.6) is 0 Å². The lowest BCUT2D eigenvalue weighted by molar-refractivity contribution is -0.127. The van der Waals surface area contributed by atoms with Crippen molar-refractivity contribution in [2.45, 2.75) is 32.0 Å². The maximum atomic E-state index is 13.5. The number of benzene rings is 1. The van der Waals surface area contributed by atoms with Gasteiger partial charge in [-0.1, -0.05) is 30.0 Å². The van der Waals surface area contributed by atoms with Crippen LogP contribution in [-0.4, -0.2) is 61.2 Å². The molecule has 1 aromatic carbocycles. The summed E-state index contributed by atoms with van der Waals surface area (Å²) in [4.78, 5) is 27.0. The van der Waals surface area contributed by atoms with Gasteiger partial charge in [-0.25, -0.2) is 15.0 Å². The van der Waals surface area contributed by atoms with Crippen molar-refractivity contribution in [2.24, 2.45) is 0 Å². The van der Waals surface area contributed by atoms with Crippen molar-refractivity contribution in [1.82, 2.24) is 29.0 Å². The van der Waals surface area contributed by atoms with Crippen LogP contribution in [-0.2, 0) is 9.53 Å². The Morgan fingerprint density at radius 2 is 2.11 bits per heavy atom. The molecular weight excluding hydrogens is 516 g/mol. The van der Waals surface area contributed by atoms with E-state index in [9.17, 15) is 13.6 Å². The number of aromatic nitrogens is 5. The Morgan fingerprint density at radius 3 is 2.82 bits per heavy atom. The number of aryl methyl sites for hydroxylation is 1. The Kier molecular flexibility index (Phi) is 6.77. The SMILES string of the molecule is C=CC(=O)N1C[C@@H](n2cc(C#Cc3cc4nc(C)n(C(F)F)c4cc3Cl)c3c(N)ncnc32)C[C@@H]1COC. The summed E-state index contributed by atoms with van der Waals surface area (Å²) in [7, 11) is 1.60. The van der Waals surface area contributed by atoms with Gasteiger partial charge in [0, 0.05) is 25.4 Å². The number of nitrogens with zero attached hydrogens (tertiary/aromatic N) is 6. The fraction of sp³-hybridized carbons (Fsp3) is 0.308. The van der Waals surface area contributed by atoms with Crippen LogP contribution in [0.4, 0.5) is 14.6 Å². The maximum absolute atomic E-state index is 13.5. The van der Waals surface area contributed by atoms with Crippen LogP contribution in [0.1, 0.15) is 36.0 Å². The third kappa shape index (κ3) is 4.36. The molecule has 38 heavy (non-hydrogen) atoms. The molecule has 2 N–H and O–H groups in total. The number of hydrogen-bond acceptors (Lipinski definition) is 6. The van der Waals surface area contributed by atoms with Gasteiger partial charge in [0.25, 0.3) is 0 Å². The molecule has 9 nitrogen and oxygen atoms in total. The molecule has 1 fully saturated rings. The molecule has 0 radical (unpaired) electrons. The maximum Gasteiger partial charge on any atom is 0.320 e. The highest BCUT2D eigenvalue weighted by Crippen LogP contribution is 2.34. The van der Waals surface area contributed by atoms with Gasteiger partial charge in [-0.15, -0.1) is 0 Å². The van der Waals surface area contributed by atoms with Gasteiger partial charge >= 0.3 is 6.55 Å². The second kappa shape index (κ2) is 10.0. The van der Waals surface area contributed by atoms with E-state index in [1.165, 1.54) is 25.4 Å². The molecule has 0 bridgehead atoms. The first-order valence-electron chi connectivity index (χ1n) is 11.7. The molecule has 1 saturated heterocycles. The fourth-order valence-electron chi connectivity index (χ4n) is 5.03. The van der Waals surface area contributed by atoms with Crippen molar-refractivity contribution in [1.29, 1.82) is 0 Å². The van der Waals surface area contributed by atoms with Gasteiger partial charge in [-0.3, -0.25) is 9.36 Å². The highest BCUT2D eigenvalue weighted by molar-refractivity contribution is 6.32. The first kappa shape index (κ1) is 25.6. The van der Waals surface area contributed by atoms with E-state index in [0.717, 1.165) is 4.57 Å². The quantitative estimate of drug-likeness (QED) is 0.302. The van der Waals surface area contributed by atoms with E-state index in [1.807, 2.05) is 10.8 Å². The fourth-order valence-corrected chi connectivity index (χ4v) is 5.23. The molecular formula is C26H24ClF2N7O2. The summed E-state index contributed by atoms with van der Waals surface area (Å²) in [5, 5.41) is 0.795. The average Bonchev–Trinajstić information content (AvgIpc) is 3.55. The number of amides is 1. The number of likely N-dealkylation sites (tertiary alicyclic amines) is 1. The number of carbonyl (C=O) groups is 1. The third-order valence-corrected chi connectivity index (χ3v) is 7.04. The van der Waals surface area contributed by atoms with E-state index in [1.54, 1.807) is 18.1 Å². The molecule has 4 aromatic rings. The molecule has 2 atom stereocenters. The standard InChI is InChI=1S/C26H24ClF2N7O2/c1-4-22(37)34-11-17(8-18(34)12-38-3)35-10-16(23-24(30)31-13-32-25(23)35)6-5-15-7-20-21(9-19(15)27)36(26(28)29)14(2)33-20/h4,7,9-10,13,17-18,26H,1,8,11-12H2,2-3H3,(H2,30,31,32)/t17-,18+/m0/s1. The van der Waals surface area contributed by atoms with Gasteiger partial charge in [0.2, 0.25) is 5.91 Å². The van der Waals surface area contributed by atoms with Crippen molar-refractivity contribution in [3.63, 3.8) is 0 Å². The largest absolute Gasteiger partial charge is 0.383 e. The summed E-state index contributed by atoms with van der Waals surface area (Å²) in [6, 6.07) is 2.80. The summed E-state index contributed by atoms with van der Waals surface area (Å²) < 4.78 is 35.0. The number of halogens is 3. The first-order chi connectivity index (χ1) is 18.2. The Morgan fingerprint density at radius 1 is 1.34 bits per heavy atom. The van der Waals surface area contributed by atoms with Crippen molar-refractivity contribution < 1.29 is 18.3 Å². The van der Waals surface area contributed by atoms with Gasteiger partial charge in [-0.2, -0.15) is 8.78 Å². The van der Waals surface area contributed by atoms with E-state index in [2.05, 4.69) is 33.4 Å². The van der Waals surface area contributed by atoms with E-state index < -0.39 is 6.55 Å². The molecule has 0 spiro atoms. The summed E-state index contributed by atoms with van der Waals surface area (Å²) in [5.74, 6) is 6.39. The first-order valence-corrected chi connectivity index (χ1v) is 12.1. The van der Waals surface area contributed by atoms with Crippen LogP contribution >= 0.6 is 11.6 Å². The number of ether oxygens (including phenoxy) is 1. The number of carbonyl (C=O) groups excluding carboxylic acids is 1. The van der Waals surface area contributed by atoms with E-state index in [0.29, 0.717) is 47.2 Å². The zero-order valence-electron chi connectivity index (χ0n) is 20.7. The van der Waals surface area contributed by atoms with Crippen LogP contribution in [0, 0.1) is 18.8 Å². The third-order valence-electron chi connectivity index (χ3n) is 6.72. The molecule has 4 heterocycles. The average molecular weight is 540 g/mol. The van der Waals surface area contributed by atoms with E-state index >= 15 is 0 Å². The molecule has 0 unspecified atom stereocenters. The molecule has 5 rings (SSSR count). The van der Waals surface area contributed by atoms with Gasteiger partial charge in [0.15, 0.2) is 0 Å². The highest BCUT2D eigenvalue weighted by Gasteiger charge is 2.36. The van der Waals surface area contributed by atoms with Gasteiger partial charge < -0.3 is 19.9 Å². The van der Waals surface area contributed by atoms with Crippen LogP contribution in [0.15, 0.2) is 37.3 Å². The van der Waals surface area contributed by atoms with Crippen LogP contribution in [0.3, 0.4) is 0 Å². The Hall–Kier alpha value is -4.01. The Bertz CT molecular complexity index is 1640. The van der Waals surface area contributed by atoms with Crippen LogP contribution in [0.2, 0.25) is 5.02 Å². The number of nitrogens with two attached hydrogens (primary N) is 1. The Labute approximate surface area is 221 Å². The van der Waals surface area contributed by atoms with Crippen molar-refractivity contribution in [3.8, 4) is 11.8 Å². The van der Waals surface area contributed by atoms with Crippen molar-refractivity contribution in [3.05, 3.63) is 59.3 Å². The number of fused-ring (bicyclic) bond motifs is 2. The monoisotopic (exact) mass is 539 g/mol. The molecule has 1 amide bonds. The number of hydrogen-bond donors (Lipinski definition) is 1. The number of anilines is 1. The van der Waals surface area contributed by atoms with Gasteiger partial charge in [0.1, 0.15) is 23.6 Å². The molecule has 1 aliphatic rings. The minimum Gasteiger partial charge on any atom is -0.383 e. The number of nitrogen functional groups attached to an aromatic ring is 1. The van der Waals surface area contributed by atoms with Crippen LogP contribution < -0.4 is 5.73 Å². The van der Waals surface area contributed by atoms with Gasteiger partial charge in [0.05, 0.1) is 45.7 Å². The van der Waals surface area contributed by atoms with Crippen molar-refractivity contribution >= 4 is 45.4 Å². The number of alkyl halides is 2. The summed E-state index contributed by atoms with van der Waals surface area (Å²) in [5.41, 5.74) is 8.40. The smallest absolute Gasteiger partial charge is 0.320 e. The zero-order valence-corrected chi connectivity index (χ0v) is 21.4. The van der Waals surface area contributed by atoms with E-state index in [-0.39, 0.29) is 40.2 Å². The topological polar surface area (TPSA) is 104 Å². The molecule has 12 heteroatoms. The minimum atomic E-state index is -2.74. The molecule has 1 aliphatic heterocycles. The number of imidazole rings is 1. The number of rotatable bonds is 5. The van der Waals surface area contributed by atoms with Crippen LogP contribution in [0.25, 0.3) is 22.1 Å². The molecule has 0 saturated carbocycles. The second-order valence-corrected chi connectivity index (χ2v) is 9.39. The predicted octanol–water partition coefficient (Wildman–Crippen LogP) is 4.09. The lowest BCUT2D eigenvalue weighted by Gasteiger charge is -2.22. The molecule has 3 aromatic heterocycles. The normalized spacial score (nSPS) is 17.4. The number of methoxy groups -OCH3 is 1. The van der Waals surface area contributed by atoms with E-state index in [4.69, 9.17) is 22.1 Å². The molecule has 196 valence electrons. The minimum absolute atomic E-state index is 0.104. The van der Waals surface area contributed by atoms with Gasteiger partial charge in [-0.05, 0) is 31.6 Å². The lowest BCUT2D eigenvalue weighted by Crippen LogP contribution is -2.37. The Balaban J connectivity index is 1.57. The zero-order chi connectivity index (χ0) is 27.1.